The second-order valence-corrected chi connectivity index (χ2v) is 4.09. The van der Waals surface area contributed by atoms with Crippen LogP contribution < -0.4 is 10.2 Å². The molecule has 0 aliphatic carbocycles. The van der Waals surface area contributed by atoms with Crippen molar-refractivity contribution in [3.63, 3.8) is 0 Å². The molecule has 0 unspecified atom stereocenters. The molecule has 1 N–H and O–H groups in total. The molecule has 0 saturated heterocycles. The van der Waals surface area contributed by atoms with Gasteiger partial charge in [-0.2, -0.15) is 5.10 Å². The first-order valence-electron chi connectivity index (χ1n) is 6.09. The van der Waals surface area contributed by atoms with Gasteiger partial charge < -0.3 is 4.74 Å². The molecule has 0 heterocycles. The number of hydrogen-bond donors (Lipinski definition) is 1. The molecule has 0 radical (unpaired) electrons. The average Bonchev–Trinajstić information content (AvgIpc) is 2.47. The molecule has 6 heteroatoms. The number of carbonyl (C=O) groups is 1. The third kappa shape index (κ3) is 5.02. The smallest absolute Gasteiger partial charge is 0.277 e. The first kappa shape index (κ1) is 14.6. The number of amides is 1. The molecule has 0 aliphatic rings. The lowest BCUT2D eigenvalue weighted by Crippen LogP contribution is -2.24. The molecule has 1 amide bonds. The van der Waals surface area contributed by atoms with E-state index in [1.54, 1.807) is 6.07 Å². The van der Waals surface area contributed by atoms with Crippen molar-refractivity contribution in [2.45, 2.75) is 0 Å². The summed E-state index contributed by atoms with van der Waals surface area (Å²) in [6.45, 7) is -0.258. The average molecular weight is 290 g/mol. The number of carbonyl (C=O) groups excluding carboxylic acids is 1. The van der Waals surface area contributed by atoms with Crippen molar-refractivity contribution in [2.75, 3.05) is 6.61 Å². The molecule has 0 aliphatic heterocycles. The van der Waals surface area contributed by atoms with Crippen LogP contribution in [-0.2, 0) is 4.79 Å². The van der Waals surface area contributed by atoms with E-state index in [0.29, 0.717) is 11.3 Å². The van der Waals surface area contributed by atoms with E-state index in [0.717, 1.165) is 0 Å². The zero-order valence-electron chi connectivity index (χ0n) is 10.9. The van der Waals surface area contributed by atoms with Gasteiger partial charge in [-0.3, -0.25) is 4.79 Å². The van der Waals surface area contributed by atoms with Gasteiger partial charge in [0.15, 0.2) is 6.61 Å². The minimum atomic E-state index is -0.480. The Hall–Kier alpha value is -2.76. The summed E-state index contributed by atoms with van der Waals surface area (Å²) in [4.78, 5) is 11.4. The molecule has 2 rings (SSSR count). The van der Waals surface area contributed by atoms with Crippen molar-refractivity contribution < 1.29 is 18.3 Å². The van der Waals surface area contributed by atoms with Crippen LogP contribution in [-0.4, -0.2) is 18.7 Å². The SMILES string of the molecule is O=C(COc1ccc(F)cc1)N/N=C/c1cccc(F)c1. The molecule has 0 spiro atoms. The summed E-state index contributed by atoms with van der Waals surface area (Å²) >= 11 is 0. The Morgan fingerprint density at radius 2 is 1.90 bits per heavy atom. The van der Waals surface area contributed by atoms with Crippen molar-refractivity contribution >= 4 is 12.1 Å². The van der Waals surface area contributed by atoms with Crippen LogP contribution in [0.4, 0.5) is 8.78 Å². The maximum atomic E-state index is 12.9. The summed E-state index contributed by atoms with van der Waals surface area (Å²) < 4.78 is 30.7. The number of benzene rings is 2. The van der Waals surface area contributed by atoms with Gasteiger partial charge >= 0.3 is 0 Å². The van der Waals surface area contributed by atoms with Crippen LogP contribution >= 0.6 is 0 Å². The molecule has 0 aromatic heterocycles. The highest BCUT2D eigenvalue weighted by Gasteiger charge is 2.01. The zero-order chi connectivity index (χ0) is 15.1. The van der Waals surface area contributed by atoms with E-state index in [9.17, 15) is 13.6 Å². The molecule has 0 atom stereocenters. The Bertz CT molecular complexity index is 642. The lowest BCUT2D eigenvalue weighted by atomic mass is 10.2. The lowest BCUT2D eigenvalue weighted by molar-refractivity contribution is -0.123. The minimum absolute atomic E-state index is 0.258. The summed E-state index contributed by atoms with van der Waals surface area (Å²) in [5.74, 6) is -0.871. The zero-order valence-corrected chi connectivity index (χ0v) is 10.9. The van der Waals surface area contributed by atoms with E-state index in [1.807, 2.05) is 0 Å². The first-order chi connectivity index (χ1) is 10.1. The number of hydrogen-bond acceptors (Lipinski definition) is 3. The van der Waals surface area contributed by atoms with Crippen molar-refractivity contribution in [1.82, 2.24) is 5.43 Å². The van der Waals surface area contributed by atoms with Crippen LogP contribution in [0.1, 0.15) is 5.56 Å². The van der Waals surface area contributed by atoms with Crippen LogP contribution in [0.15, 0.2) is 53.6 Å². The summed E-state index contributed by atoms with van der Waals surface area (Å²) in [5, 5.41) is 3.68. The maximum absolute atomic E-state index is 12.9. The minimum Gasteiger partial charge on any atom is -0.484 e. The normalized spacial score (nSPS) is 10.6. The van der Waals surface area contributed by atoms with Crippen LogP contribution in [0, 0.1) is 11.6 Å². The van der Waals surface area contributed by atoms with Gasteiger partial charge in [-0.1, -0.05) is 12.1 Å². The van der Waals surface area contributed by atoms with E-state index >= 15 is 0 Å². The maximum Gasteiger partial charge on any atom is 0.277 e. The third-order valence-corrected chi connectivity index (χ3v) is 2.44. The Kier molecular flexibility index (Phi) is 4.98. The van der Waals surface area contributed by atoms with Crippen LogP contribution in [0.25, 0.3) is 0 Å². The fraction of sp³-hybridized carbons (Fsp3) is 0.0667. The topological polar surface area (TPSA) is 50.7 Å². The van der Waals surface area contributed by atoms with Gasteiger partial charge in [0.1, 0.15) is 17.4 Å². The number of ether oxygens (including phenoxy) is 1. The van der Waals surface area contributed by atoms with E-state index in [-0.39, 0.29) is 18.2 Å². The Morgan fingerprint density at radius 3 is 2.62 bits per heavy atom. The third-order valence-electron chi connectivity index (χ3n) is 2.44. The molecule has 0 fully saturated rings. The van der Waals surface area contributed by atoms with Crippen LogP contribution in [0.5, 0.6) is 5.75 Å². The second kappa shape index (κ2) is 7.14. The molecular formula is C15H12F2N2O2. The number of nitrogens with one attached hydrogen (secondary N) is 1. The molecular weight excluding hydrogens is 278 g/mol. The Morgan fingerprint density at radius 1 is 1.14 bits per heavy atom. The summed E-state index contributed by atoms with van der Waals surface area (Å²) in [6.07, 6.45) is 1.32. The molecule has 2 aromatic rings. The number of halogens is 2. The van der Waals surface area contributed by atoms with Gasteiger partial charge in [0.05, 0.1) is 6.21 Å². The molecule has 108 valence electrons. The standard InChI is InChI=1S/C15H12F2N2O2/c16-12-4-6-14(7-5-12)21-10-15(20)19-18-9-11-2-1-3-13(17)8-11/h1-9H,10H2,(H,19,20)/b18-9+. The summed E-state index contributed by atoms with van der Waals surface area (Å²) in [7, 11) is 0. The van der Waals surface area contributed by atoms with Crippen molar-refractivity contribution in [1.29, 1.82) is 0 Å². The fourth-order valence-corrected chi connectivity index (χ4v) is 1.48. The molecule has 0 saturated carbocycles. The summed E-state index contributed by atoms with van der Waals surface area (Å²) in [5.41, 5.74) is 2.76. The number of nitrogens with zero attached hydrogens (tertiary/aromatic N) is 1. The Balaban J connectivity index is 1.78. The lowest BCUT2D eigenvalue weighted by Gasteiger charge is -2.04. The molecule has 0 bridgehead atoms. The highest BCUT2D eigenvalue weighted by atomic mass is 19.1. The number of rotatable bonds is 5. The van der Waals surface area contributed by atoms with Crippen molar-refractivity contribution in [2.24, 2.45) is 5.10 Å². The largest absolute Gasteiger partial charge is 0.484 e. The predicted octanol–water partition coefficient (Wildman–Crippen LogP) is 2.49. The Labute approximate surface area is 120 Å². The van der Waals surface area contributed by atoms with Gasteiger partial charge in [0, 0.05) is 0 Å². The summed E-state index contributed by atoms with van der Waals surface area (Å²) in [6, 6.07) is 11.1. The predicted molar refractivity (Wildman–Crippen MR) is 74.0 cm³/mol. The highest BCUT2D eigenvalue weighted by molar-refractivity contribution is 5.82. The number of hydrazone groups is 1. The van der Waals surface area contributed by atoms with E-state index in [2.05, 4.69) is 10.5 Å². The van der Waals surface area contributed by atoms with Gasteiger partial charge in [0.25, 0.3) is 5.91 Å². The van der Waals surface area contributed by atoms with E-state index < -0.39 is 5.91 Å². The van der Waals surface area contributed by atoms with Crippen molar-refractivity contribution in [3.05, 3.63) is 65.7 Å². The van der Waals surface area contributed by atoms with E-state index in [4.69, 9.17) is 4.74 Å². The monoisotopic (exact) mass is 290 g/mol. The molecule has 21 heavy (non-hydrogen) atoms. The van der Waals surface area contributed by atoms with Crippen LogP contribution in [0.2, 0.25) is 0 Å². The van der Waals surface area contributed by atoms with Gasteiger partial charge in [-0.05, 0) is 42.0 Å². The fourth-order valence-electron chi connectivity index (χ4n) is 1.48. The van der Waals surface area contributed by atoms with Crippen LogP contribution in [0.3, 0.4) is 0 Å². The van der Waals surface area contributed by atoms with Gasteiger partial charge in [-0.25, -0.2) is 14.2 Å². The molecule has 2 aromatic carbocycles. The molecule has 4 nitrogen and oxygen atoms in total. The van der Waals surface area contributed by atoms with Gasteiger partial charge in [-0.15, -0.1) is 0 Å². The van der Waals surface area contributed by atoms with Gasteiger partial charge in [0.2, 0.25) is 0 Å². The second-order valence-electron chi connectivity index (χ2n) is 4.09. The highest BCUT2D eigenvalue weighted by Crippen LogP contribution is 2.10. The first-order valence-corrected chi connectivity index (χ1v) is 6.09. The van der Waals surface area contributed by atoms with E-state index in [1.165, 1.54) is 48.7 Å². The quantitative estimate of drug-likeness (QED) is 0.679. The van der Waals surface area contributed by atoms with Crippen molar-refractivity contribution in [3.8, 4) is 5.75 Å².